The van der Waals surface area contributed by atoms with Crippen molar-refractivity contribution in [3.8, 4) is 0 Å². The molecule has 27 heavy (non-hydrogen) atoms. The Kier molecular flexibility index (Phi) is 4.57. The van der Waals surface area contributed by atoms with Gasteiger partial charge in [-0.3, -0.25) is 9.59 Å². The summed E-state index contributed by atoms with van der Waals surface area (Å²) in [5.74, 6) is -0.812. The van der Waals surface area contributed by atoms with E-state index in [0.29, 0.717) is 19.4 Å². The monoisotopic (exact) mass is 367 g/mol. The van der Waals surface area contributed by atoms with Crippen molar-refractivity contribution >= 4 is 28.3 Å². The largest absolute Gasteiger partial charge is 0.481 e. The molecule has 2 atom stereocenters. The molecule has 144 valence electrons. The molecule has 0 bridgehead atoms. The van der Waals surface area contributed by atoms with Crippen molar-refractivity contribution in [3.63, 3.8) is 0 Å². The van der Waals surface area contributed by atoms with Crippen molar-refractivity contribution < 1.29 is 14.7 Å². The Morgan fingerprint density at radius 3 is 2.15 bits per heavy atom. The summed E-state index contributed by atoms with van der Waals surface area (Å²) in [4.78, 5) is 27.6. The van der Waals surface area contributed by atoms with Gasteiger partial charge in [-0.05, 0) is 43.6 Å². The van der Waals surface area contributed by atoms with Gasteiger partial charge < -0.3 is 10.0 Å². The highest BCUT2D eigenvalue weighted by Gasteiger charge is 2.65. The number of nitrogens with zero attached hydrogens (tertiary/aromatic N) is 1. The lowest BCUT2D eigenvalue weighted by Crippen LogP contribution is -2.53. The molecule has 0 heterocycles. The predicted molar refractivity (Wildman–Crippen MR) is 109 cm³/mol. The van der Waals surface area contributed by atoms with Crippen molar-refractivity contribution in [1.29, 1.82) is 0 Å². The number of carbonyl (C=O) groups excluding carboxylic acids is 1. The molecule has 2 aromatic rings. The zero-order valence-electron chi connectivity index (χ0n) is 16.9. The van der Waals surface area contributed by atoms with Crippen LogP contribution in [-0.2, 0) is 9.59 Å². The van der Waals surface area contributed by atoms with E-state index in [-0.39, 0.29) is 5.91 Å². The van der Waals surface area contributed by atoms with Gasteiger partial charge in [-0.2, -0.15) is 0 Å². The summed E-state index contributed by atoms with van der Waals surface area (Å²) < 4.78 is 0. The molecular formula is C23H29NO3. The van der Waals surface area contributed by atoms with E-state index in [9.17, 15) is 14.7 Å². The number of aliphatic carboxylic acids is 1. The van der Waals surface area contributed by atoms with Gasteiger partial charge in [0.15, 0.2) is 0 Å². The molecule has 1 amide bonds. The van der Waals surface area contributed by atoms with Crippen molar-refractivity contribution in [2.45, 2.75) is 47.5 Å². The standard InChI is InChI=1S/C23H29NO3/c1-6-24(18-13-9-11-16-10-7-8-12-17(16)18)19(25)22(4)14-15-23(5,20(26)27)21(22,2)3/h7-13H,6,14-15H2,1-5H3,(H,26,27). The van der Waals surface area contributed by atoms with Crippen LogP contribution in [0.25, 0.3) is 10.8 Å². The van der Waals surface area contributed by atoms with Crippen LogP contribution in [0.5, 0.6) is 0 Å². The van der Waals surface area contributed by atoms with Crippen LogP contribution < -0.4 is 4.90 Å². The van der Waals surface area contributed by atoms with Crippen LogP contribution in [0, 0.1) is 16.2 Å². The molecule has 1 fully saturated rings. The highest BCUT2D eigenvalue weighted by molar-refractivity contribution is 6.06. The molecule has 4 heteroatoms. The van der Waals surface area contributed by atoms with Gasteiger partial charge >= 0.3 is 5.97 Å². The lowest BCUT2D eigenvalue weighted by atomic mass is 9.59. The van der Waals surface area contributed by atoms with E-state index in [1.807, 2.05) is 75.1 Å². The van der Waals surface area contributed by atoms with Crippen LogP contribution >= 0.6 is 0 Å². The Bertz CT molecular complexity index is 898. The first kappa shape index (κ1) is 19.4. The molecule has 2 aromatic carbocycles. The second kappa shape index (κ2) is 6.36. The Balaban J connectivity index is 2.09. The van der Waals surface area contributed by atoms with E-state index in [1.54, 1.807) is 6.92 Å². The Hall–Kier alpha value is -2.36. The van der Waals surface area contributed by atoms with Gasteiger partial charge in [-0.1, -0.05) is 57.2 Å². The fourth-order valence-electron chi connectivity index (χ4n) is 4.65. The van der Waals surface area contributed by atoms with Gasteiger partial charge in [-0.15, -0.1) is 0 Å². The van der Waals surface area contributed by atoms with Gasteiger partial charge in [0, 0.05) is 11.9 Å². The van der Waals surface area contributed by atoms with Gasteiger partial charge in [0.1, 0.15) is 0 Å². The SMILES string of the molecule is CCN(C(=O)C1(C)CCC(C)(C(=O)O)C1(C)C)c1cccc2ccccc12. The molecule has 2 unspecified atom stereocenters. The zero-order valence-corrected chi connectivity index (χ0v) is 16.9. The molecule has 0 saturated heterocycles. The number of fused-ring (bicyclic) bond motifs is 1. The molecule has 1 saturated carbocycles. The Morgan fingerprint density at radius 1 is 0.963 bits per heavy atom. The molecule has 3 rings (SSSR count). The van der Waals surface area contributed by atoms with Crippen LogP contribution in [0.3, 0.4) is 0 Å². The molecule has 0 aliphatic heterocycles. The maximum atomic E-state index is 13.8. The number of carboxylic acid groups (broad SMARTS) is 1. The second-order valence-corrected chi connectivity index (χ2v) is 8.64. The number of rotatable bonds is 4. The summed E-state index contributed by atoms with van der Waals surface area (Å²) in [6.45, 7) is 10.1. The maximum absolute atomic E-state index is 13.8. The summed E-state index contributed by atoms with van der Waals surface area (Å²) in [6, 6.07) is 14.0. The van der Waals surface area contributed by atoms with E-state index < -0.39 is 22.2 Å². The highest BCUT2D eigenvalue weighted by atomic mass is 16.4. The first-order chi connectivity index (χ1) is 12.6. The number of anilines is 1. The summed E-state index contributed by atoms with van der Waals surface area (Å²) in [7, 11) is 0. The van der Waals surface area contributed by atoms with Gasteiger partial charge in [0.25, 0.3) is 0 Å². The van der Waals surface area contributed by atoms with Crippen LogP contribution in [0.2, 0.25) is 0 Å². The van der Waals surface area contributed by atoms with Gasteiger partial charge in [0.2, 0.25) is 5.91 Å². The van der Waals surface area contributed by atoms with Crippen molar-refractivity contribution in [3.05, 3.63) is 42.5 Å². The lowest BCUT2D eigenvalue weighted by molar-refractivity contribution is -0.158. The molecule has 0 radical (unpaired) electrons. The summed E-state index contributed by atoms with van der Waals surface area (Å²) in [5.41, 5.74) is -1.44. The third-order valence-corrected chi connectivity index (χ3v) is 7.45. The number of hydrogen-bond donors (Lipinski definition) is 1. The maximum Gasteiger partial charge on any atom is 0.309 e. The quantitative estimate of drug-likeness (QED) is 0.817. The smallest absolute Gasteiger partial charge is 0.309 e. The fraction of sp³-hybridized carbons (Fsp3) is 0.478. The normalized spacial score (nSPS) is 26.9. The van der Waals surface area contributed by atoms with E-state index in [0.717, 1.165) is 16.5 Å². The van der Waals surface area contributed by atoms with Gasteiger partial charge in [0.05, 0.1) is 16.5 Å². The van der Waals surface area contributed by atoms with Gasteiger partial charge in [-0.25, -0.2) is 0 Å². The third kappa shape index (κ3) is 2.57. The van der Waals surface area contributed by atoms with Crippen molar-refractivity contribution in [1.82, 2.24) is 0 Å². The first-order valence-electron chi connectivity index (χ1n) is 9.63. The number of benzene rings is 2. The molecule has 4 nitrogen and oxygen atoms in total. The summed E-state index contributed by atoms with van der Waals surface area (Å²) >= 11 is 0. The number of carboxylic acids is 1. The van der Waals surface area contributed by atoms with Crippen LogP contribution in [0.15, 0.2) is 42.5 Å². The van der Waals surface area contributed by atoms with Crippen LogP contribution in [-0.4, -0.2) is 23.5 Å². The second-order valence-electron chi connectivity index (χ2n) is 8.64. The molecule has 1 aliphatic carbocycles. The zero-order chi connectivity index (χ0) is 20.0. The molecular weight excluding hydrogens is 338 g/mol. The van der Waals surface area contributed by atoms with E-state index in [2.05, 4.69) is 0 Å². The number of hydrogen-bond acceptors (Lipinski definition) is 2. The minimum Gasteiger partial charge on any atom is -0.481 e. The molecule has 0 spiro atoms. The molecule has 1 aliphatic rings. The minimum atomic E-state index is -0.921. The summed E-state index contributed by atoms with van der Waals surface area (Å²) in [6.07, 6.45) is 1.08. The van der Waals surface area contributed by atoms with E-state index >= 15 is 0 Å². The Labute approximate surface area is 161 Å². The van der Waals surface area contributed by atoms with Crippen molar-refractivity contribution in [2.24, 2.45) is 16.2 Å². The van der Waals surface area contributed by atoms with Crippen LogP contribution in [0.1, 0.15) is 47.5 Å². The predicted octanol–water partition coefficient (Wildman–Crippen LogP) is 5.11. The lowest BCUT2D eigenvalue weighted by Gasteiger charge is -2.46. The van der Waals surface area contributed by atoms with E-state index in [4.69, 9.17) is 0 Å². The molecule has 1 N–H and O–H groups in total. The number of amides is 1. The van der Waals surface area contributed by atoms with Crippen LogP contribution in [0.4, 0.5) is 5.69 Å². The van der Waals surface area contributed by atoms with Crippen molar-refractivity contribution in [2.75, 3.05) is 11.4 Å². The topological polar surface area (TPSA) is 57.6 Å². The summed E-state index contributed by atoms with van der Waals surface area (Å²) in [5, 5.41) is 12.0. The number of carbonyl (C=O) groups is 2. The first-order valence-corrected chi connectivity index (χ1v) is 9.63. The molecule has 0 aromatic heterocycles. The average molecular weight is 367 g/mol. The minimum absolute atomic E-state index is 0.0105. The van der Waals surface area contributed by atoms with E-state index in [1.165, 1.54) is 0 Å². The fourth-order valence-corrected chi connectivity index (χ4v) is 4.65. The average Bonchev–Trinajstić information content (AvgIpc) is 2.84. The Morgan fingerprint density at radius 2 is 1.56 bits per heavy atom. The third-order valence-electron chi connectivity index (χ3n) is 7.45. The highest BCUT2D eigenvalue weighted by Crippen LogP contribution is 2.63.